The first-order valence-electron chi connectivity index (χ1n) is 13.4. The molecule has 1 saturated heterocycles. The maximum Gasteiger partial charge on any atom is 0.169 e. The zero-order chi connectivity index (χ0) is 25.5. The number of Topliss-reactive ketones (excluding diaryl/α,β-unsaturated/α-hetero) is 1. The number of benzene rings is 3. The van der Waals surface area contributed by atoms with Crippen LogP contribution >= 0.6 is 0 Å². The summed E-state index contributed by atoms with van der Waals surface area (Å²) in [5.74, 6) is -0.656. The number of aliphatic hydroxyl groups is 1. The highest BCUT2D eigenvalue weighted by atomic mass is 16.6. The van der Waals surface area contributed by atoms with Gasteiger partial charge in [0, 0.05) is 18.3 Å². The van der Waals surface area contributed by atoms with Crippen LogP contribution in [0.1, 0.15) is 67.2 Å². The molecule has 0 amide bonds. The van der Waals surface area contributed by atoms with Crippen LogP contribution in [0.25, 0.3) is 6.08 Å². The monoisotopic (exact) mass is 494 g/mol. The molecule has 2 saturated carbocycles. The van der Waals surface area contributed by atoms with Crippen LogP contribution in [0, 0.1) is 11.3 Å². The van der Waals surface area contributed by atoms with Gasteiger partial charge in [-0.1, -0.05) is 79.2 Å². The van der Waals surface area contributed by atoms with E-state index in [-0.39, 0.29) is 17.6 Å². The molecule has 0 unspecified atom stereocenters. The van der Waals surface area contributed by atoms with E-state index in [2.05, 4.69) is 12.1 Å². The molecule has 37 heavy (non-hydrogen) atoms. The van der Waals surface area contributed by atoms with Crippen molar-refractivity contribution in [1.29, 1.82) is 0 Å². The van der Waals surface area contributed by atoms with Gasteiger partial charge < -0.3 is 14.6 Å². The average molecular weight is 495 g/mol. The summed E-state index contributed by atoms with van der Waals surface area (Å²) < 4.78 is 12.2. The molecular weight excluding hydrogens is 460 g/mol. The van der Waals surface area contributed by atoms with Gasteiger partial charge in [-0.05, 0) is 66.2 Å². The molecule has 0 bridgehead atoms. The number of fused-ring (bicyclic) bond motifs is 1. The molecule has 4 nitrogen and oxygen atoms in total. The van der Waals surface area contributed by atoms with Crippen LogP contribution in [-0.4, -0.2) is 23.8 Å². The molecule has 0 radical (unpaired) electrons. The lowest BCUT2D eigenvalue weighted by molar-refractivity contribution is -0.330. The second kappa shape index (κ2) is 9.59. The molecule has 0 aromatic heterocycles. The van der Waals surface area contributed by atoms with Crippen LogP contribution in [0.5, 0.6) is 5.75 Å². The number of carbonyl (C=O) groups is 1. The summed E-state index contributed by atoms with van der Waals surface area (Å²) in [4.78, 5) is 14.7. The van der Waals surface area contributed by atoms with Crippen LogP contribution in [0.15, 0.2) is 90.5 Å². The van der Waals surface area contributed by atoms with E-state index < -0.39 is 17.3 Å². The molecule has 190 valence electrons. The Morgan fingerprint density at radius 3 is 2.30 bits per heavy atom. The van der Waals surface area contributed by atoms with Gasteiger partial charge in [-0.2, -0.15) is 0 Å². The number of methoxy groups -OCH3 is 1. The first-order chi connectivity index (χ1) is 18.0. The predicted molar refractivity (Wildman–Crippen MR) is 144 cm³/mol. The minimum Gasteiger partial charge on any atom is -0.497 e. The van der Waals surface area contributed by atoms with Crippen LogP contribution in [0.3, 0.4) is 0 Å². The summed E-state index contributed by atoms with van der Waals surface area (Å²) in [5.41, 5.74) is 3.10. The second-order valence-electron chi connectivity index (χ2n) is 10.8. The number of hydrogen-bond acceptors (Lipinski definition) is 4. The van der Waals surface area contributed by atoms with Crippen LogP contribution in [0.4, 0.5) is 0 Å². The van der Waals surface area contributed by atoms with Crippen LogP contribution in [-0.2, 0) is 9.53 Å². The minimum absolute atomic E-state index is 0.152. The number of carbonyl (C=O) groups excluding carboxylic acids is 1. The third kappa shape index (κ3) is 4.03. The first-order valence-corrected chi connectivity index (χ1v) is 13.4. The molecule has 2 aliphatic carbocycles. The van der Waals surface area contributed by atoms with Crippen molar-refractivity contribution in [3.05, 3.63) is 107 Å². The van der Waals surface area contributed by atoms with Crippen molar-refractivity contribution >= 4 is 11.9 Å². The Kier molecular flexibility index (Phi) is 6.26. The maximum atomic E-state index is 14.7. The zero-order valence-electron chi connectivity index (χ0n) is 21.3. The highest BCUT2D eigenvalue weighted by molar-refractivity contribution is 6.07. The molecule has 4 heteroatoms. The zero-order valence-corrected chi connectivity index (χ0v) is 21.3. The summed E-state index contributed by atoms with van der Waals surface area (Å²) >= 11 is 0. The molecule has 1 spiro atoms. The van der Waals surface area contributed by atoms with Crippen molar-refractivity contribution in [1.82, 2.24) is 0 Å². The summed E-state index contributed by atoms with van der Waals surface area (Å²) in [6, 6.07) is 28.2. The maximum absolute atomic E-state index is 14.7. The van der Waals surface area contributed by atoms with Gasteiger partial charge in [-0.15, -0.1) is 0 Å². The Bertz CT molecular complexity index is 1280. The molecule has 3 fully saturated rings. The highest BCUT2D eigenvalue weighted by Crippen LogP contribution is 2.67. The summed E-state index contributed by atoms with van der Waals surface area (Å²) in [7, 11) is 1.66. The Labute approximate surface area is 218 Å². The quantitative estimate of drug-likeness (QED) is 0.403. The van der Waals surface area contributed by atoms with Crippen molar-refractivity contribution < 1.29 is 19.4 Å². The lowest BCUT2D eigenvalue weighted by Crippen LogP contribution is -2.59. The van der Waals surface area contributed by atoms with E-state index in [1.807, 2.05) is 78.9 Å². The number of hydrogen-bond donors (Lipinski definition) is 1. The fraction of sp³-hybridized carbons (Fsp3) is 0.364. The summed E-state index contributed by atoms with van der Waals surface area (Å²) in [6.45, 7) is 0. The highest BCUT2D eigenvalue weighted by Gasteiger charge is 2.66. The predicted octanol–water partition coefficient (Wildman–Crippen LogP) is 6.86. The molecule has 6 rings (SSSR count). The largest absolute Gasteiger partial charge is 0.497 e. The standard InChI is InChI=1S/C33H34O4/c1-36-27-17-15-24(16-18-27)29-28-14-8-9-20-33(28,35)37-31(25-12-6-3-7-13-25)32(29)21-19-26(30(32)34)22-23-10-4-2-5-11-23/h2-7,10-13,15-18,22,28-29,31,35H,8-9,14,19-21H2,1H3/t28-,29-,31-,32-,33+/m1/s1. The van der Waals surface area contributed by atoms with E-state index in [1.165, 1.54) is 0 Å². The van der Waals surface area contributed by atoms with E-state index in [4.69, 9.17) is 9.47 Å². The van der Waals surface area contributed by atoms with Crippen molar-refractivity contribution in [3.8, 4) is 5.75 Å². The third-order valence-electron chi connectivity index (χ3n) is 8.87. The molecule has 3 aromatic carbocycles. The second-order valence-corrected chi connectivity index (χ2v) is 10.8. The lowest BCUT2D eigenvalue weighted by Gasteiger charge is -2.58. The first kappa shape index (κ1) is 24.1. The van der Waals surface area contributed by atoms with Crippen LogP contribution < -0.4 is 4.74 Å². The number of ketones is 1. The molecule has 3 aromatic rings. The van der Waals surface area contributed by atoms with Gasteiger partial charge in [0.15, 0.2) is 11.6 Å². The van der Waals surface area contributed by atoms with Gasteiger partial charge in [0.2, 0.25) is 0 Å². The third-order valence-corrected chi connectivity index (χ3v) is 8.87. The topological polar surface area (TPSA) is 55.8 Å². The fourth-order valence-corrected chi connectivity index (χ4v) is 7.20. The molecule has 1 aliphatic heterocycles. The van der Waals surface area contributed by atoms with E-state index in [1.54, 1.807) is 7.11 Å². The van der Waals surface area contributed by atoms with Gasteiger partial charge in [0.1, 0.15) is 5.75 Å². The van der Waals surface area contributed by atoms with E-state index >= 15 is 0 Å². The smallest absolute Gasteiger partial charge is 0.169 e. The molecule has 5 atom stereocenters. The SMILES string of the molecule is COc1ccc([C@@H]2[C@H]3CCCC[C@]3(O)O[C@H](c3ccccc3)[C@]23CCC(=Cc2ccccc2)C3=O)cc1. The van der Waals surface area contributed by atoms with Crippen molar-refractivity contribution in [3.63, 3.8) is 0 Å². The van der Waals surface area contributed by atoms with Crippen molar-refractivity contribution in [2.45, 2.75) is 56.3 Å². The van der Waals surface area contributed by atoms with Crippen LogP contribution in [0.2, 0.25) is 0 Å². The molecule has 3 aliphatic rings. The minimum atomic E-state index is -1.26. The van der Waals surface area contributed by atoms with Gasteiger partial charge in [-0.3, -0.25) is 4.79 Å². The Morgan fingerprint density at radius 2 is 1.59 bits per heavy atom. The summed E-state index contributed by atoms with van der Waals surface area (Å²) in [6.07, 6.45) is 6.26. The Morgan fingerprint density at radius 1 is 0.892 bits per heavy atom. The normalized spacial score (nSPS) is 32.4. The van der Waals surface area contributed by atoms with Gasteiger partial charge in [0.25, 0.3) is 0 Å². The van der Waals surface area contributed by atoms with E-state index in [0.717, 1.165) is 47.3 Å². The number of allylic oxidation sites excluding steroid dienone is 1. The number of ether oxygens (including phenoxy) is 2. The summed E-state index contributed by atoms with van der Waals surface area (Å²) in [5, 5.41) is 12.0. The van der Waals surface area contributed by atoms with Crippen molar-refractivity contribution in [2.75, 3.05) is 7.11 Å². The van der Waals surface area contributed by atoms with Gasteiger partial charge >= 0.3 is 0 Å². The average Bonchev–Trinajstić information content (AvgIpc) is 3.25. The van der Waals surface area contributed by atoms with Gasteiger partial charge in [-0.25, -0.2) is 0 Å². The Hall–Kier alpha value is -3.21. The lowest BCUT2D eigenvalue weighted by atomic mass is 9.55. The van der Waals surface area contributed by atoms with Crippen molar-refractivity contribution in [2.24, 2.45) is 11.3 Å². The molecule has 1 heterocycles. The molecular formula is C33H34O4. The fourth-order valence-electron chi connectivity index (χ4n) is 7.20. The Balaban J connectivity index is 1.55. The molecule has 1 N–H and O–H groups in total. The van der Waals surface area contributed by atoms with E-state index in [0.29, 0.717) is 19.3 Å². The number of rotatable bonds is 4. The van der Waals surface area contributed by atoms with Gasteiger partial charge in [0.05, 0.1) is 18.6 Å². The van der Waals surface area contributed by atoms with E-state index in [9.17, 15) is 9.90 Å².